The van der Waals surface area contributed by atoms with Gasteiger partial charge in [-0.15, -0.1) is 0 Å². The molecule has 6 heteroatoms. The SMILES string of the molecule is COc1cc(-c2ccc([C@@H]3CCc4ccc([C@H](C5CC5)[C@H](C)C(=O)O)cc4O3)cc2CN(C(C)C)C(C)C)ccn1. The van der Waals surface area contributed by atoms with Gasteiger partial charge in [0.1, 0.15) is 11.9 Å². The molecule has 1 aromatic heterocycles. The number of nitrogens with zero attached hydrogens (tertiary/aromatic N) is 2. The second-order valence-corrected chi connectivity index (χ2v) is 12.4. The molecule has 2 heterocycles. The summed E-state index contributed by atoms with van der Waals surface area (Å²) in [6, 6.07) is 18.0. The zero-order chi connectivity index (χ0) is 29.3. The van der Waals surface area contributed by atoms with Gasteiger partial charge < -0.3 is 14.6 Å². The maximum Gasteiger partial charge on any atom is 0.306 e. The van der Waals surface area contributed by atoms with Crippen LogP contribution in [0.2, 0.25) is 0 Å². The van der Waals surface area contributed by atoms with E-state index >= 15 is 0 Å². The summed E-state index contributed by atoms with van der Waals surface area (Å²) < 4.78 is 12.1. The van der Waals surface area contributed by atoms with Crippen molar-refractivity contribution in [1.82, 2.24) is 9.88 Å². The lowest BCUT2D eigenvalue weighted by Gasteiger charge is -2.32. The maximum absolute atomic E-state index is 11.9. The lowest BCUT2D eigenvalue weighted by molar-refractivity contribution is -0.142. The molecule has 3 aromatic rings. The Morgan fingerprint density at radius 1 is 1.02 bits per heavy atom. The summed E-state index contributed by atoms with van der Waals surface area (Å²) in [7, 11) is 1.65. The molecule has 5 rings (SSSR count). The summed E-state index contributed by atoms with van der Waals surface area (Å²) in [6.45, 7) is 11.7. The molecule has 0 spiro atoms. The number of benzene rings is 2. The molecule has 6 nitrogen and oxygen atoms in total. The third kappa shape index (κ3) is 6.43. The van der Waals surface area contributed by atoms with Crippen molar-refractivity contribution >= 4 is 5.97 Å². The fraction of sp³-hybridized carbons (Fsp3) is 0.486. The first kappa shape index (κ1) is 29.1. The molecule has 0 bridgehead atoms. The van der Waals surface area contributed by atoms with Crippen LogP contribution in [0.1, 0.15) is 88.2 Å². The van der Waals surface area contributed by atoms with E-state index in [1.54, 1.807) is 13.3 Å². The minimum Gasteiger partial charge on any atom is -0.485 e. The van der Waals surface area contributed by atoms with Crippen LogP contribution in [0, 0.1) is 11.8 Å². The summed E-state index contributed by atoms with van der Waals surface area (Å²) in [5.41, 5.74) is 6.98. The molecule has 0 amide bonds. The normalized spacial score (nSPS) is 18.2. The van der Waals surface area contributed by atoms with E-state index in [2.05, 4.69) is 74.0 Å². The molecule has 3 atom stereocenters. The molecule has 1 fully saturated rings. The third-order valence-electron chi connectivity index (χ3n) is 8.91. The molecule has 1 N–H and O–H groups in total. The number of fused-ring (bicyclic) bond motifs is 1. The fourth-order valence-electron chi connectivity index (χ4n) is 6.48. The van der Waals surface area contributed by atoms with Gasteiger partial charge in [-0.1, -0.05) is 37.3 Å². The Balaban J connectivity index is 1.47. The predicted octanol–water partition coefficient (Wildman–Crippen LogP) is 7.66. The molecular formula is C35H44N2O4. The third-order valence-corrected chi connectivity index (χ3v) is 8.91. The highest BCUT2D eigenvalue weighted by molar-refractivity contribution is 5.71. The summed E-state index contributed by atoms with van der Waals surface area (Å²) >= 11 is 0. The van der Waals surface area contributed by atoms with Gasteiger partial charge in [0.2, 0.25) is 5.88 Å². The summed E-state index contributed by atoms with van der Waals surface area (Å²) in [4.78, 5) is 18.7. The number of pyridine rings is 1. The molecule has 41 heavy (non-hydrogen) atoms. The Morgan fingerprint density at radius 3 is 2.44 bits per heavy atom. The summed E-state index contributed by atoms with van der Waals surface area (Å²) in [6.07, 6.45) is 5.79. The van der Waals surface area contributed by atoms with Crippen molar-refractivity contribution < 1.29 is 19.4 Å². The highest BCUT2D eigenvalue weighted by Gasteiger charge is 2.39. The summed E-state index contributed by atoms with van der Waals surface area (Å²) in [5.74, 6) is 0.846. The first-order chi connectivity index (χ1) is 19.7. The van der Waals surface area contributed by atoms with Gasteiger partial charge in [-0.2, -0.15) is 0 Å². The van der Waals surface area contributed by atoms with E-state index in [4.69, 9.17) is 9.47 Å². The second-order valence-electron chi connectivity index (χ2n) is 12.4. The van der Waals surface area contributed by atoms with E-state index in [1.165, 1.54) is 22.3 Å². The van der Waals surface area contributed by atoms with Crippen LogP contribution in [0.25, 0.3) is 11.1 Å². The molecule has 0 radical (unpaired) electrons. The fourth-order valence-corrected chi connectivity index (χ4v) is 6.48. The monoisotopic (exact) mass is 556 g/mol. The van der Waals surface area contributed by atoms with Crippen molar-refractivity contribution in [2.45, 2.75) is 91.0 Å². The van der Waals surface area contributed by atoms with Crippen LogP contribution in [-0.4, -0.2) is 40.2 Å². The average Bonchev–Trinajstić information content (AvgIpc) is 3.80. The quantitative estimate of drug-likeness (QED) is 0.261. The minimum absolute atomic E-state index is 0.0306. The van der Waals surface area contributed by atoms with Gasteiger partial charge in [0.25, 0.3) is 0 Å². The number of hydrogen-bond acceptors (Lipinski definition) is 5. The van der Waals surface area contributed by atoms with E-state index in [0.717, 1.165) is 49.1 Å². The van der Waals surface area contributed by atoms with Gasteiger partial charge in [0, 0.05) is 30.9 Å². The standard InChI is InChI=1S/C35H44N2O4/c1-21(2)37(22(3)4)20-29-17-27(11-13-30(29)26-15-16-36-33(19-26)40-6)31-14-12-24-7-10-28(18-32(24)41-31)34(25-8-9-25)23(5)35(38)39/h7,10-11,13,15-19,21-23,25,31,34H,8-9,12,14,20H2,1-6H3,(H,38,39)/t23-,31-,34-/m0/s1. The summed E-state index contributed by atoms with van der Waals surface area (Å²) in [5, 5.41) is 9.77. The smallest absolute Gasteiger partial charge is 0.306 e. The molecule has 1 aliphatic heterocycles. The number of carboxylic acid groups (broad SMARTS) is 1. The van der Waals surface area contributed by atoms with Crippen LogP contribution in [0.3, 0.4) is 0 Å². The minimum atomic E-state index is -0.727. The Kier molecular flexibility index (Phi) is 8.69. The van der Waals surface area contributed by atoms with Gasteiger partial charge in [-0.25, -0.2) is 4.98 Å². The Morgan fingerprint density at radius 2 is 1.78 bits per heavy atom. The van der Waals surface area contributed by atoms with E-state index in [-0.39, 0.29) is 12.0 Å². The number of carboxylic acids is 1. The van der Waals surface area contributed by atoms with Crippen LogP contribution in [0.15, 0.2) is 54.7 Å². The number of carbonyl (C=O) groups is 1. The number of rotatable bonds is 11. The maximum atomic E-state index is 11.9. The molecule has 1 aliphatic carbocycles. The highest BCUT2D eigenvalue weighted by Crippen LogP contribution is 2.48. The predicted molar refractivity (Wildman–Crippen MR) is 162 cm³/mol. The van der Waals surface area contributed by atoms with Crippen LogP contribution in [0.5, 0.6) is 11.6 Å². The number of ether oxygens (including phenoxy) is 2. The van der Waals surface area contributed by atoms with E-state index in [9.17, 15) is 9.90 Å². The molecule has 0 unspecified atom stereocenters. The lowest BCUT2D eigenvalue weighted by atomic mass is 9.82. The van der Waals surface area contributed by atoms with Gasteiger partial charge in [-0.05, 0) is 111 Å². The van der Waals surface area contributed by atoms with Gasteiger partial charge in [0.15, 0.2) is 0 Å². The van der Waals surface area contributed by atoms with Crippen molar-refractivity contribution in [3.63, 3.8) is 0 Å². The van der Waals surface area contributed by atoms with E-state index < -0.39 is 11.9 Å². The van der Waals surface area contributed by atoms with Crippen LogP contribution < -0.4 is 9.47 Å². The van der Waals surface area contributed by atoms with Gasteiger partial charge >= 0.3 is 5.97 Å². The molecular weight excluding hydrogens is 512 g/mol. The number of hydrogen-bond donors (Lipinski definition) is 1. The Labute approximate surface area is 244 Å². The van der Waals surface area contributed by atoms with Crippen molar-refractivity contribution in [1.29, 1.82) is 0 Å². The largest absolute Gasteiger partial charge is 0.485 e. The number of aromatic nitrogens is 1. The van der Waals surface area contributed by atoms with E-state index in [0.29, 0.717) is 23.9 Å². The first-order valence-corrected chi connectivity index (χ1v) is 15.1. The van der Waals surface area contributed by atoms with E-state index in [1.807, 2.05) is 19.1 Å². The highest BCUT2D eigenvalue weighted by atomic mass is 16.5. The first-order valence-electron chi connectivity index (χ1n) is 15.1. The number of aliphatic carboxylic acids is 1. The number of aryl methyl sites for hydroxylation is 1. The Bertz CT molecular complexity index is 1370. The van der Waals surface area contributed by atoms with Crippen molar-refractivity contribution in [2.24, 2.45) is 11.8 Å². The van der Waals surface area contributed by atoms with Crippen LogP contribution in [0.4, 0.5) is 0 Å². The molecule has 2 aromatic carbocycles. The number of methoxy groups -OCH3 is 1. The van der Waals surface area contributed by atoms with Crippen molar-refractivity contribution in [3.8, 4) is 22.8 Å². The lowest BCUT2D eigenvalue weighted by Crippen LogP contribution is -2.36. The van der Waals surface area contributed by atoms with Crippen LogP contribution in [-0.2, 0) is 17.8 Å². The van der Waals surface area contributed by atoms with Gasteiger partial charge in [-0.3, -0.25) is 9.69 Å². The molecule has 2 aliphatic rings. The zero-order valence-electron chi connectivity index (χ0n) is 25.3. The van der Waals surface area contributed by atoms with Crippen molar-refractivity contribution in [3.05, 3.63) is 77.0 Å². The van der Waals surface area contributed by atoms with Gasteiger partial charge in [0.05, 0.1) is 13.0 Å². The zero-order valence-corrected chi connectivity index (χ0v) is 25.3. The topological polar surface area (TPSA) is 71.9 Å². The molecule has 0 saturated heterocycles. The second kappa shape index (κ2) is 12.2. The average molecular weight is 557 g/mol. The Hall–Kier alpha value is -3.38. The molecule has 1 saturated carbocycles. The van der Waals surface area contributed by atoms with Crippen molar-refractivity contribution in [2.75, 3.05) is 7.11 Å². The molecule has 218 valence electrons. The van der Waals surface area contributed by atoms with Crippen LogP contribution >= 0.6 is 0 Å².